The van der Waals surface area contributed by atoms with Crippen LogP contribution in [0, 0.1) is 17.8 Å². The fraction of sp³-hybridized carbons (Fsp3) is 0.808. The molecule has 0 aromatic carbocycles. The predicted molar refractivity (Wildman–Crippen MR) is 131 cm³/mol. The topological polar surface area (TPSA) is 109 Å². The zero-order valence-corrected chi connectivity index (χ0v) is 21.8. The molecule has 0 aliphatic carbocycles. The highest BCUT2D eigenvalue weighted by molar-refractivity contribution is 5.98. The molecule has 36 heavy (non-hydrogen) atoms. The van der Waals surface area contributed by atoms with Gasteiger partial charge in [0.15, 0.2) is 0 Å². The quantitative estimate of drug-likeness (QED) is 0.314. The molecule has 0 aromatic heterocycles. The lowest BCUT2D eigenvalue weighted by atomic mass is 9.70. The van der Waals surface area contributed by atoms with E-state index in [4.69, 9.17) is 14.2 Å². The van der Waals surface area contributed by atoms with Gasteiger partial charge in [0, 0.05) is 32.7 Å². The van der Waals surface area contributed by atoms with Gasteiger partial charge >= 0.3 is 5.97 Å². The molecule has 4 fully saturated rings. The first-order chi connectivity index (χ1) is 17.3. The summed E-state index contributed by atoms with van der Waals surface area (Å²) in [7, 11) is 0. The molecule has 4 saturated heterocycles. The standard InChI is InChI=1S/C26H41N3O7/c1-5-9-28(11-10-27-12-14-34-15-13-27)24(32)22-26-8-7-19(36-26)20(25(33)35-6-2)21(26)23(31)29(22)18(16-30)17(3)4/h5,17-22,30H,1,6-16H2,2-4H3/t18-,19+,20-,21-,22+,26-/m0/s1. The molecule has 4 aliphatic rings. The predicted octanol–water partition coefficient (Wildman–Crippen LogP) is 0.288. The molecule has 2 amide bonds. The van der Waals surface area contributed by atoms with Crippen LogP contribution in [0.2, 0.25) is 0 Å². The summed E-state index contributed by atoms with van der Waals surface area (Å²) in [5.74, 6) is -2.59. The number of likely N-dealkylation sites (tertiary alicyclic amines) is 1. The van der Waals surface area contributed by atoms with Gasteiger partial charge in [0.2, 0.25) is 11.8 Å². The van der Waals surface area contributed by atoms with Crippen LogP contribution in [0.5, 0.6) is 0 Å². The fourth-order valence-corrected chi connectivity index (χ4v) is 6.56. The Morgan fingerprint density at radius 2 is 2.06 bits per heavy atom. The molecule has 1 spiro atoms. The molecule has 1 N–H and O–H groups in total. The van der Waals surface area contributed by atoms with Crippen molar-refractivity contribution < 1.29 is 33.7 Å². The average molecular weight is 508 g/mol. The van der Waals surface area contributed by atoms with Crippen molar-refractivity contribution in [1.82, 2.24) is 14.7 Å². The highest BCUT2D eigenvalue weighted by atomic mass is 16.6. The van der Waals surface area contributed by atoms with Gasteiger partial charge in [-0.25, -0.2) is 0 Å². The van der Waals surface area contributed by atoms with E-state index in [-0.39, 0.29) is 30.9 Å². The normalized spacial score (nSPS) is 32.6. The number of hydrogen-bond donors (Lipinski definition) is 1. The Hall–Kier alpha value is -2.01. The Labute approximate surface area is 213 Å². The van der Waals surface area contributed by atoms with Crippen molar-refractivity contribution in [3.8, 4) is 0 Å². The summed E-state index contributed by atoms with van der Waals surface area (Å²) in [6.07, 6.45) is 2.35. The molecular weight excluding hydrogens is 466 g/mol. The third-order valence-corrected chi connectivity index (χ3v) is 8.30. The number of esters is 1. The molecule has 0 radical (unpaired) electrons. The molecule has 10 nitrogen and oxygen atoms in total. The van der Waals surface area contributed by atoms with E-state index in [0.717, 1.165) is 13.1 Å². The molecular formula is C26H41N3O7. The Kier molecular flexibility index (Phi) is 8.38. The smallest absolute Gasteiger partial charge is 0.312 e. The molecule has 4 rings (SSSR count). The summed E-state index contributed by atoms with van der Waals surface area (Å²) in [6.45, 7) is 13.8. The van der Waals surface area contributed by atoms with Crippen molar-refractivity contribution in [2.24, 2.45) is 17.8 Å². The van der Waals surface area contributed by atoms with Gasteiger partial charge in [0.25, 0.3) is 0 Å². The largest absolute Gasteiger partial charge is 0.466 e. The van der Waals surface area contributed by atoms with Crippen molar-refractivity contribution in [2.75, 3.05) is 59.2 Å². The highest BCUT2D eigenvalue weighted by Gasteiger charge is 2.75. The molecule has 10 heteroatoms. The molecule has 202 valence electrons. The number of amides is 2. The first-order valence-corrected chi connectivity index (χ1v) is 13.3. The van der Waals surface area contributed by atoms with Gasteiger partial charge in [-0.3, -0.25) is 19.3 Å². The second-order valence-corrected chi connectivity index (χ2v) is 10.6. The van der Waals surface area contributed by atoms with Crippen LogP contribution in [0.4, 0.5) is 0 Å². The number of nitrogens with zero attached hydrogens (tertiary/aromatic N) is 3. The highest BCUT2D eigenvalue weighted by Crippen LogP contribution is 2.59. The third kappa shape index (κ3) is 4.57. The van der Waals surface area contributed by atoms with Crippen molar-refractivity contribution in [2.45, 2.75) is 57.4 Å². The number of carbonyl (C=O) groups excluding carboxylic acids is 3. The van der Waals surface area contributed by atoms with Gasteiger partial charge in [-0.15, -0.1) is 6.58 Å². The van der Waals surface area contributed by atoms with Crippen LogP contribution < -0.4 is 0 Å². The van der Waals surface area contributed by atoms with Crippen LogP contribution in [-0.2, 0) is 28.6 Å². The SMILES string of the molecule is C=CCN(CCN1CCOCC1)C(=O)[C@H]1N([C@@H](CO)C(C)C)C(=O)[C@@H]2[C@@H](C(=O)OCC)[C@H]3CC[C@]21O3. The number of aliphatic hydroxyl groups excluding tert-OH is 1. The summed E-state index contributed by atoms with van der Waals surface area (Å²) in [5, 5.41) is 10.3. The maximum Gasteiger partial charge on any atom is 0.312 e. The lowest BCUT2D eigenvalue weighted by Gasteiger charge is -2.40. The minimum Gasteiger partial charge on any atom is -0.466 e. The summed E-state index contributed by atoms with van der Waals surface area (Å²) in [6, 6.07) is -1.48. The van der Waals surface area contributed by atoms with E-state index in [0.29, 0.717) is 45.7 Å². The lowest BCUT2D eigenvalue weighted by molar-refractivity contribution is -0.156. The van der Waals surface area contributed by atoms with Crippen molar-refractivity contribution >= 4 is 17.8 Å². The van der Waals surface area contributed by atoms with E-state index in [1.54, 1.807) is 17.9 Å². The summed E-state index contributed by atoms with van der Waals surface area (Å²) in [4.78, 5) is 46.8. The molecule has 6 atom stereocenters. The van der Waals surface area contributed by atoms with Crippen LogP contribution in [0.3, 0.4) is 0 Å². The zero-order valence-electron chi connectivity index (χ0n) is 21.8. The zero-order chi connectivity index (χ0) is 26.0. The van der Waals surface area contributed by atoms with Crippen molar-refractivity contribution in [3.05, 3.63) is 12.7 Å². The Bertz CT molecular complexity index is 845. The Balaban J connectivity index is 1.68. The number of aliphatic hydroxyl groups is 1. The first-order valence-electron chi connectivity index (χ1n) is 13.3. The summed E-state index contributed by atoms with van der Waals surface area (Å²) < 4.78 is 17.2. The number of rotatable bonds is 11. The number of fused-ring (bicyclic) bond motifs is 1. The second-order valence-electron chi connectivity index (χ2n) is 10.6. The van der Waals surface area contributed by atoms with E-state index >= 15 is 0 Å². The molecule has 0 saturated carbocycles. The lowest BCUT2D eigenvalue weighted by Crippen LogP contribution is -2.60. The van der Waals surface area contributed by atoms with E-state index in [9.17, 15) is 19.5 Å². The van der Waals surface area contributed by atoms with Crippen LogP contribution in [0.1, 0.15) is 33.6 Å². The van der Waals surface area contributed by atoms with Crippen molar-refractivity contribution in [3.63, 3.8) is 0 Å². The fourth-order valence-electron chi connectivity index (χ4n) is 6.56. The summed E-state index contributed by atoms with van der Waals surface area (Å²) in [5.41, 5.74) is -1.10. The Morgan fingerprint density at radius 3 is 2.67 bits per heavy atom. The van der Waals surface area contributed by atoms with Crippen molar-refractivity contribution in [1.29, 1.82) is 0 Å². The molecule has 4 heterocycles. The van der Waals surface area contributed by atoms with Crippen LogP contribution in [-0.4, -0.2) is 121 Å². The molecule has 4 aliphatic heterocycles. The molecule has 2 bridgehead atoms. The second kappa shape index (κ2) is 11.2. The first kappa shape index (κ1) is 27.0. The van der Waals surface area contributed by atoms with Gasteiger partial charge in [-0.05, 0) is 25.7 Å². The van der Waals surface area contributed by atoms with E-state index in [1.165, 1.54) is 4.90 Å². The van der Waals surface area contributed by atoms with Gasteiger partial charge in [-0.2, -0.15) is 0 Å². The van der Waals surface area contributed by atoms with E-state index < -0.39 is 41.6 Å². The third-order valence-electron chi connectivity index (χ3n) is 8.30. The minimum atomic E-state index is -1.10. The Morgan fingerprint density at radius 1 is 1.33 bits per heavy atom. The minimum absolute atomic E-state index is 0.0936. The number of hydrogen-bond acceptors (Lipinski definition) is 8. The van der Waals surface area contributed by atoms with Gasteiger partial charge in [0.05, 0.1) is 50.4 Å². The van der Waals surface area contributed by atoms with Gasteiger partial charge < -0.3 is 29.1 Å². The number of carbonyl (C=O) groups is 3. The van der Waals surface area contributed by atoms with E-state index in [1.807, 2.05) is 13.8 Å². The maximum atomic E-state index is 14.3. The van der Waals surface area contributed by atoms with Gasteiger partial charge in [0.1, 0.15) is 11.6 Å². The summed E-state index contributed by atoms with van der Waals surface area (Å²) >= 11 is 0. The number of ether oxygens (including phenoxy) is 3. The monoisotopic (exact) mass is 507 g/mol. The van der Waals surface area contributed by atoms with Gasteiger partial charge in [-0.1, -0.05) is 19.9 Å². The van der Waals surface area contributed by atoms with Crippen LogP contribution in [0.15, 0.2) is 12.7 Å². The average Bonchev–Trinajstić information content (AvgIpc) is 3.50. The number of morpholine rings is 1. The van der Waals surface area contributed by atoms with Crippen LogP contribution in [0.25, 0.3) is 0 Å². The maximum absolute atomic E-state index is 14.3. The molecule has 0 aromatic rings. The van der Waals surface area contributed by atoms with E-state index in [2.05, 4.69) is 11.5 Å². The van der Waals surface area contributed by atoms with Crippen LogP contribution >= 0.6 is 0 Å². The molecule has 0 unspecified atom stereocenters.